The number of carbonyl (C=O) groups excluding carboxylic acids is 1. The van der Waals surface area contributed by atoms with Gasteiger partial charge in [-0.05, 0) is 24.1 Å². The first-order valence-corrected chi connectivity index (χ1v) is 9.45. The molecule has 31 heavy (non-hydrogen) atoms. The minimum atomic E-state index is -4.65. The lowest BCUT2D eigenvalue weighted by atomic mass is 10.0. The molecule has 0 atom stereocenters. The van der Waals surface area contributed by atoms with E-state index in [-0.39, 0.29) is 24.6 Å². The largest absolute Gasteiger partial charge is 0.493 e. The fraction of sp³-hybridized carbons (Fsp3) is 0.333. The van der Waals surface area contributed by atoms with Gasteiger partial charge in [-0.2, -0.15) is 18.3 Å². The van der Waals surface area contributed by atoms with Gasteiger partial charge in [0, 0.05) is 29.6 Å². The number of pyridine rings is 1. The topological polar surface area (TPSA) is 94.3 Å². The lowest BCUT2D eigenvalue weighted by Gasteiger charge is -2.13. The van der Waals surface area contributed by atoms with Crippen LogP contribution in [0.15, 0.2) is 36.5 Å². The molecular weight excluding hydrogens is 415 g/mol. The van der Waals surface area contributed by atoms with Gasteiger partial charge in [0.2, 0.25) is 0 Å². The van der Waals surface area contributed by atoms with Gasteiger partial charge in [0.05, 0.1) is 12.1 Å². The van der Waals surface area contributed by atoms with Crippen molar-refractivity contribution in [3.8, 4) is 5.75 Å². The van der Waals surface area contributed by atoms with Gasteiger partial charge < -0.3 is 9.84 Å². The van der Waals surface area contributed by atoms with Crippen LogP contribution in [0, 0.1) is 5.92 Å². The van der Waals surface area contributed by atoms with Crippen molar-refractivity contribution in [1.29, 1.82) is 0 Å². The summed E-state index contributed by atoms with van der Waals surface area (Å²) in [7, 11) is 0. The number of aliphatic carboxylic acids is 1. The molecule has 2 heterocycles. The molecule has 2 aromatic heterocycles. The van der Waals surface area contributed by atoms with Gasteiger partial charge in [0.15, 0.2) is 5.78 Å². The molecule has 0 saturated carbocycles. The molecule has 0 bridgehead atoms. The van der Waals surface area contributed by atoms with E-state index >= 15 is 0 Å². The van der Waals surface area contributed by atoms with Crippen molar-refractivity contribution in [3.05, 3.63) is 53.5 Å². The number of rotatable bonds is 8. The molecule has 164 valence electrons. The minimum absolute atomic E-state index is 0.189. The fourth-order valence-corrected chi connectivity index (χ4v) is 2.91. The number of aromatic nitrogens is 3. The lowest BCUT2D eigenvalue weighted by Crippen LogP contribution is -2.14. The zero-order valence-corrected chi connectivity index (χ0v) is 16.8. The number of ketones is 1. The molecule has 0 unspecified atom stereocenters. The Morgan fingerprint density at radius 2 is 1.97 bits per heavy atom. The van der Waals surface area contributed by atoms with Gasteiger partial charge in [0.25, 0.3) is 0 Å². The molecule has 0 fully saturated rings. The molecule has 0 aliphatic rings. The Morgan fingerprint density at radius 3 is 2.61 bits per heavy atom. The van der Waals surface area contributed by atoms with Gasteiger partial charge in [-0.15, -0.1) is 0 Å². The van der Waals surface area contributed by atoms with Crippen LogP contribution in [0.25, 0.3) is 10.9 Å². The van der Waals surface area contributed by atoms with E-state index in [1.54, 1.807) is 12.1 Å². The summed E-state index contributed by atoms with van der Waals surface area (Å²) in [6.45, 7) is 3.90. The molecule has 0 aliphatic heterocycles. The zero-order chi connectivity index (χ0) is 22.8. The molecule has 1 N–H and O–H groups in total. The summed E-state index contributed by atoms with van der Waals surface area (Å²) in [4.78, 5) is 27.1. The summed E-state index contributed by atoms with van der Waals surface area (Å²) in [5.41, 5.74) is -0.507. The van der Waals surface area contributed by atoms with E-state index in [9.17, 15) is 22.8 Å². The molecule has 1 aromatic carbocycles. The molecule has 10 heteroatoms. The van der Waals surface area contributed by atoms with E-state index in [2.05, 4.69) is 10.1 Å². The molecule has 0 radical (unpaired) electrons. The third kappa shape index (κ3) is 5.59. The highest BCUT2D eigenvalue weighted by Crippen LogP contribution is 2.29. The SMILES string of the molecule is CC(C)COc1cc2nn(CC(=O)O)cc2cc1CC(=O)c1cccc(C(F)(F)F)n1. The highest BCUT2D eigenvalue weighted by Gasteiger charge is 2.33. The van der Waals surface area contributed by atoms with Crippen LogP contribution in [-0.2, 0) is 23.9 Å². The van der Waals surface area contributed by atoms with Crippen LogP contribution in [0.2, 0.25) is 0 Å². The molecule has 0 aliphatic carbocycles. The van der Waals surface area contributed by atoms with Crippen molar-refractivity contribution < 1.29 is 32.6 Å². The first-order chi connectivity index (χ1) is 14.5. The average Bonchev–Trinajstić information content (AvgIpc) is 3.05. The number of nitrogens with zero attached hydrogens (tertiary/aromatic N) is 3. The summed E-state index contributed by atoms with van der Waals surface area (Å²) in [6, 6.07) is 6.39. The van der Waals surface area contributed by atoms with Crippen LogP contribution < -0.4 is 4.74 Å². The Kier molecular flexibility index (Phi) is 6.28. The Balaban J connectivity index is 1.95. The fourth-order valence-electron chi connectivity index (χ4n) is 2.91. The number of fused-ring (bicyclic) bond motifs is 1. The Morgan fingerprint density at radius 1 is 1.23 bits per heavy atom. The Hall–Kier alpha value is -3.43. The first-order valence-electron chi connectivity index (χ1n) is 9.45. The Bertz CT molecular complexity index is 1120. The summed E-state index contributed by atoms with van der Waals surface area (Å²) >= 11 is 0. The molecule has 3 aromatic rings. The number of alkyl halides is 3. The van der Waals surface area contributed by atoms with Gasteiger partial charge in [-0.3, -0.25) is 14.3 Å². The van der Waals surface area contributed by atoms with Gasteiger partial charge >= 0.3 is 12.1 Å². The maximum atomic E-state index is 12.9. The van der Waals surface area contributed by atoms with Crippen LogP contribution in [0.4, 0.5) is 13.2 Å². The van der Waals surface area contributed by atoms with E-state index in [4.69, 9.17) is 9.84 Å². The van der Waals surface area contributed by atoms with Crippen molar-refractivity contribution in [1.82, 2.24) is 14.8 Å². The standard InChI is InChI=1S/C21H20F3N3O4/c1-12(2)11-31-18-8-16-14(9-27(26-16)10-20(29)30)6-13(18)7-17(28)15-4-3-5-19(25-15)21(22,23)24/h3-6,8-9,12H,7,10-11H2,1-2H3,(H,29,30). The van der Waals surface area contributed by atoms with Crippen LogP contribution >= 0.6 is 0 Å². The van der Waals surface area contributed by atoms with Crippen LogP contribution in [-0.4, -0.2) is 38.2 Å². The highest BCUT2D eigenvalue weighted by atomic mass is 19.4. The Labute approximate surface area is 175 Å². The molecule has 0 amide bonds. The van der Waals surface area contributed by atoms with Crippen molar-refractivity contribution >= 4 is 22.7 Å². The molecule has 7 nitrogen and oxygen atoms in total. The molecular formula is C21H20F3N3O4. The summed E-state index contributed by atoms with van der Waals surface area (Å²) in [6.07, 6.45) is -3.37. The van der Waals surface area contributed by atoms with Gasteiger partial charge in [-0.25, -0.2) is 4.98 Å². The minimum Gasteiger partial charge on any atom is -0.493 e. The predicted octanol–water partition coefficient (Wildman–Crippen LogP) is 3.99. The van der Waals surface area contributed by atoms with Gasteiger partial charge in [-0.1, -0.05) is 19.9 Å². The maximum Gasteiger partial charge on any atom is 0.433 e. The summed E-state index contributed by atoms with van der Waals surface area (Å²) in [5, 5.41) is 13.7. The molecule has 0 saturated heterocycles. The summed E-state index contributed by atoms with van der Waals surface area (Å²) < 4.78 is 45.8. The van der Waals surface area contributed by atoms with E-state index in [0.717, 1.165) is 12.1 Å². The average molecular weight is 435 g/mol. The highest BCUT2D eigenvalue weighted by molar-refractivity contribution is 5.97. The van der Waals surface area contributed by atoms with Crippen molar-refractivity contribution in [2.75, 3.05) is 6.61 Å². The number of carbonyl (C=O) groups is 2. The van der Waals surface area contributed by atoms with E-state index in [1.165, 1.54) is 16.9 Å². The van der Waals surface area contributed by atoms with Crippen LogP contribution in [0.3, 0.4) is 0 Å². The second-order valence-electron chi connectivity index (χ2n) is 7.45. The van der Waals surface area contributed by atoms with E-state index in [0.29, 0.717) is 28.8 Å². The van der Waals surface area contributed by atoms with Crippen molar-refractivity contribution in [2.24, 2.45) is 5.92 Å². The van der Waals surface area contributed by atoms with Crippen molar-refractivity contribution in [3.63, 3.8) is 0 Å². The molecule has 3 rings (SSSR count). The number of benzene rings is 1. The zero-order valence-electron chi connectivity index (χ0n) is 16.8. The number of halogens is 3. The number of carboxylic acids is 1. The number of hydrogen-bond donors (Lipinski definition) is 1. The third-order valence-electron chi connectivity index (χ3n) is 4.28. The molecule has 0 spiro atoms. The maximum absolute atomic E-state index is 12.9. The van der Waals surface area contributed by atoms with Crippen molar-refractivity contribution in [2.45, 2.75) is 33.0 Å². The quantitative estimate of drug-likeness (QED) is 0.538. The summed E-state index contributed by atoms with van der Waals surface area (Å²) in [5.74, 6) is -1.11. The second-order valence-corrected chi connectivity index (χ2v) is 7.45. The number of hydrogen-bond acceptors (Lipinski definition) is 5. The van der Waals surface area contributed by atoms with Gasteiger partial charge in [0.1, 0.15) is 23.7 Å². The number of ether oxygens (including phenoxy) is 1. The third-order valence-corrected chi connectivity index (χ3v) is 4.28. The number of Topliss-reactive ketones (excluding diaryl/α,β-unsaturated/α-hetero) is 1. The van der Waals surface area contributed by atoms with E-state index < -0.39 is 23.6 Å². The monoisotopic (exact) mass is 435 g/mol. The first kappa shape index (κ1) is 22.3. The van der Waals surface area contributed by atoms with Crippen LogP contribution in [0.5, 0.6) is 5.75 Å². The smallest absolute Gasteiger partial charge is 0.433 e. The normalized spacial score (nSPS) is 11.8. The lowest BCUT2D eigenvalue weighted by molar-refractivity contribution is -0.141. The van der Waals surface area contributed by atoms with E-state index in [1.807, 2.05) is 13.8 Å². The number of carboxylic acid groups (broad SMARTS) is 1. The predicted molar refractivity (Wildman–Crippen MR) is 105 cm³/mol. The second kappa shape index (κ2) is 8.75. The van der Waals surface area contributed by atoms with Crippen LogP contribution in [0.1, 0.15) is 35.6 Å².